The van der Waals surface area contributed by atoms with Gasteiger partial charge in [0.25, 0.3) is 5.91 Å². The molecule has 4 rings (SSSR count). The van der Waals surface area contributed by atoms with Gasteiger partial charge in [-0.25, -0.2) is 0 Å². The number of amides is 1. The van der Waals surface area contributed by atoms with Crippen LogP contribution in [0.5, 0.6) is 5.75 Å². The number of aliphatic hydroxyl groups excluding tert-OH is 8. The van der Waals surface area contributed by atoms with Crippen molar-refractivity contribution in [3.63, 3.8) is 0 Å². The largest absolute Gasteiger partial charge is 0.462 e. The van der Waals surface area contributed by atoms with Crippen molar-refractivity contribution in [3.8, 4) is 16.9 Å². The molecular formula is C27H35NO12. The van der Waals surface area contributed by atoms with E-state index in [0.29, 0.717) is 5.56 Å². The van der Waals surface area contributed by atoms with Crippen LogP contribution in [-0.4, -0.2) is 128 Å². The molecule has 1 amide bonds. The van der Waals surface area contributed by atoms with Gasteiger partial charge >= 0.3 is 0 Å². The van der Waals surface area contributed by atoms with E-state index in [9.17, 15) is 45.6 Å². The third kappa shape index (κ3) is 5.99. The molecule has 220 valence electrons. The van der Waals surface area contributed by atoms with Gasteiger partial charge in [0.1, 0.15) is 48.5 Å². The third-order valence-electron chi connectivity index (χ3n) is 7.39. The van der Waals surface area contributed by atoms with Crippen LogP contribution in [0.3, 0.4) is 0 Å². The second kappa shape index (κ2) is 12.9. The molecule has 0 spiro atoms. The summed E-state index contributed by atoms with van der Waals surface area (Å²) in [5.41, 5.74) is 2.02. The molecular weight excluding hydrogens is 530 g/mol. The molecule has 0 saturated carbocycles. The molecule has 11 atom stereocenters. The Morgan fingerprint density at radius 1 is 0.850 bits per heavy atom. The second-order valence-corrected chi connectivity index (χ2v) is 9.87. The summed E-state index contributed by atoms with van der Waals surface area (Å²) in [5.74, 6) is -1.49. The summed E-state index contributed by atoms with van der Waals surface area (Å²) in [6, 6.07) is 13.6. The molecule has 0 aliphatic carbocycles. The Labute approximate surface area is 229 Å². The van der Waals surface area contributed by atoms with Gasteiger partial charge in [0.05, 0.1) is 25.4 Å². The maximum Gasteiger partial charge on any atom is 0.251 e. The minimum atomic E-state index is -1.84. The summed E-state index contributed by atoms with van der Waals surface area (Å²) in [5, 5.41) is 85.3. The van der Waals surface area contributed by atoms with E-state index in [4.69, 9.17) is 14.2 Å². The van der Waals surface area contributed by atoms with Gasteiger partial charge < -0.3 is 60.4 Å². The van der Waals surface area contributed by atoms with E-state index in [1.807, 2.05) is 6.07 Å². The smallest absolute Gasteiger partial charge is 0.251 e. The third-order valence-corrected chi connectivity index (χ3v) is 7.39. The highest BCUT2D eigenvalue weighted by molar-refractivity contribution is 5.95. The lowest BCUT2D eigenvalue weighted by Gasteiger charge is -2.48. The molecule has 2 saturated heterocycles. The van der Waals surface area contributed by atoms with E-state index in [1.54, 1.807) is 42.5 Å². The molecule has 2 aromatic rings. The minimum absolute atomic E-state index is 0.230. The van der Waals surface area contributed by atoms with Crippen LogP contribution in [0, 0.1) is 5.92 Å². The van der Waals surface area contributed by atoms with Crippen molar-refractivity contribution in [2.24, 2.45) is 5.92 Å². The highest BCUT2D eigenvalue weighted by atomic mass is 16.7. The number of hydrogen-bond donors (Lipinski definition) is 9. The molecule has 0 bridgehead atoms. The first kappa shape index (κ1) is 30.3. The highest BCUT2D eigenvalue weighted by Crippen LogP contribution is 2.35. The van der Waals surface area contributed by atoms with E-state index in [0.717, 1.165) is 11.1 Å². The number of hydrogen-bond acceptors (Lipinski definition) is 12. The fraction of sp³-hybridized carbons (Fsp3) is 0.519. The summed E-state index contributed by atoms with van der Waals surface area (Å²) in [4.78, 5) is 12.0. The van der Waals surface area contributed by atoms with Crippen molar-refractivity contribution in [1.82, 2.24) is 5.32 Å². The Balaban J connectivity index is 1.52. The fourth-order valence-corrected chi connectivity index (χ4v) is 5.09. The Hall–Kier alpha value is -2.69. The van der Waals surface area contributed by atoms with Crippen molar-refractivity contribution < 1.29 is 59.9 Å². The summed E-state index contributed by atoms with van der Waals surface area (Å²) in [6.07, 6.45) is -16.2. The molecule has 13 heteroatoms. The van der Waals surface area contributed by atoms with Gasteiger partial charge in [-0.1, -0.05) is 24.3 Å². The van der Waals surface area contributed by atoms with Crippen LogP contribution in [0.4, 0.5) is 0 Å². The maximum absolute atomic E-state index is 12.0. The van der Waals surface area contributed by atoms with E-state index in [1.165, 1.54) is 7.05 Å². The molecule has 13 nitrogen and oxygen atoms in total. The molecule has 2 heterocycles. The monoisotopic (exact) mass is 565 g/mol. The lowest BCUT2D eigenvalue weighted by molar-refractivity contribution is -0.301. The standard InChI is InChI=1S/C27H35NO12/c1-28-26(37)14-4-2-3-13(9-14)12-5-7-15(8-6-12)38-27-22(34)18(19(31)16(10-29)40-27)21(33)25-24(36)23(35)20(32)17(11-30)39-25/h2-9,16-25,27,29-36H,10-11H2,1H3,(H,28,37)/t16-,17-,18-,19-,20-,21-,22+,23+,24+,25-,27+/m1/s1. The van der Waals surface area contributed by atoms with Gasteiger partial charge in [-0.2, -0.15) is 0 Å². The van der Waals surface area contributed by atoms with Crippen LogP contribution >= 0.6 is 0 Å². The zero-order valence-corrected chi connectivity index (χ0v) is 21.6. The predicted molar refractivity (Wildman–Crippen MR) is 137 cm³/mol. The fourth-order valence-electron chi connectivity index (χ4n) is 5.09. The number of benzene rings is 2. The topological polar surface area (TPSA) is 219 Å². The molecule has 2 aliphatic heterocycles. The number of ether oxygens (including phenoxy) is 3. The molecule has 2 fully saturated rings. The van der Waals surface area contributed by atoms with E-state index >= 15 is 0 Å². The zero-order valence-electron chi connectivity index (χ0n) is 21.6. The van der Waals surface area contributed by atoms with Crippen LogP contribution < -0.4 is 10.1 Å². The maximum atomic E-state index is 12.0. The van der Waals surface area contributed by atoms with Crippen molar-refractivity contribution in [1.29, 1.82) is 0 Å². The summed E-state index contributed by atoms with van der Waals surface area (Å²) in [7, 11) is 1.54. The van der Waals surface area contributed by atoms with Crippen LogP contribution in [0.15, 0.2) is 48.5 Å². The number of carbonyl (C=O) groups excluding carboxylic acids is 1. The Morgan fingerprint density at radius 3 is 2.12 bits per heavy atom. The predicted octanol–water partition coefficient (Wildman–Crippen LogP) is -2.65. The van der Waals surface area contributed by atoms with Crippen LogP contribution in [0.2, 0.25) is 0 Å². The number of aliphatic hydroxyl groups is 8. The van der Waals surface area contributed by atoms with Crippen LogP contribution in [0.25, 0.3) is 11.1 Å². The van der Waals surface area contributed by atoms with Gasteiger partial charge in [-0.05, 0) is 35.4 Å². The van der Waals surface area contributed by atoms with Crippen LogP contribution in [-0.2, 0) is 9.47 Å². The molecule has 2 aliphatic rings. The lowest BCUT2D eigenvalue weighted by Crippen LogP contribution is -2.67. The van der Waals surface area contributed by atoms with Crippen molar-refractivity contribution in [2.45, 2.75) is 61.2 Å². The molecule has 40 heavy (non-hydrogen) atoms. The number of carbonyl (C=O) groups is 1. The Bertz CT molecular complexity index is 1130. The van der Waals surface area contributed by atoms with Gasteiger partial charge in [0.2, 0.25) is 6.29 Å². The summed E-state index contributed by atoms with van der Waals surface area (Å²) < 4.78 is 16.7. The van der Waals surface area contributed by atoms with Crippen LogP contribution in [0.1, 0.15) is 10.4 Å². The van der Waals surface area contributed by atoms with Crippen molar-refractivity contribution >= 4 is 5.91 Å². The Morgan fingerprint density at radius 2 is 1.50 bits per heavy atom. The normalized spacial score (nSPS) is 35.1. The molecule has 0 aromatic heterocycles. The number of rotatable bonds is 8. The van der Waals surface area contributed by atoms with Gasteiger partial charge in [-0.15, -0.1) is 0 Å². The molecule has 2 aromatic carbocycles. The average Bonchev–Trinajstić information content (AvgIpc) is 2.97. The quantitative estimate of drug-likeness (QED) is 0.160. The summed E-state index contributed by atoms with van der Waals surface area (Å²) in [6.45, 7) is -1.43. The Kier molecular flexibility index (Phi) is 9.74. The van der Waals surface area contributed by atoms with Crippen molar-refractivity contribution in [3.05, 3.63) is 54.1 Å². The first-order valence-electron chi connectivity index (χ1n) is 12.8. The van der Waals surface area contributed by atoms with E-state index < -0.39 is 80.4 Å². The minimum Gasteiger partial charge on any atom is -0.462 e. The van der Waals surface area contributed by atoms with E-state index in [-0.39, 0.29) is 11.7 Å². The van der Waals surface area contributed by atoms with Crippen molar-refractivity contribution in [2.75, 3.05) is 20.3 Å². The van der Waals surface area contributed by atoms with E-state index in [2.05, 4.69) is 5.32 Å². The highest BCUT2D eigenvalue weighted by Gasteiger charge is 2.54. The van der Waals surface area contributed by atoms with Gasteiger partial charge in [0.15, 0.2) is 0 Å². The first-order chi connectivity index (χ1) is 19.1. The summed E-state index contributed by atoms with van der Waals surface area (Å²) >= 11 is 0. The number of nitrogens with one attached hydrogen (secondary N) is 1. The first-order valence-corrected chi connectivity index (χ1v) is 12.8. The van der Waals surface area contributed by atoms with Gasteiger partial charge in [-0.3, -0.25) is 4.79 Å². The molecule has 0 radical (unpaired) electrons. The molecule has 0 unspecified atom stereocenters. The molecule has 9 N–H and O–H groups in total. The SMILES string of the molecule is CNC(=O)c1cccc(-c2ccc(O[C@H]3O[C@H](CO)[C@@H](O)[C@H]([C@@H](O)[C@H]4O[C@H](CO)[C@@H](O)[C@H](O)[C@@H]4O)[C@@H]3O)cc2)c1. The van der Waals surface area contributed by atoms with Gasteiger partial charge in [0, 0.05) is 18.5 Å². The average molecular weight is 566 g/mol. The zero-order chi connectivity index (χ0) is 29.1. The lowest BCUT2D eigenvalue weighted by atomic mass is 9.79. The second-order valence-electron chi connectivity index (χ2n) is 9.87.